The first-order valence-electron chi connectivity index (χ1n) is 8.88. The molecule has 0 aliphatic heterocycles. The van der Waals surface area contributed by atoms with Gasteiger partial charge < -0.3 is 20.1 Å². The van der Waals surface area contributed by atoms with Crippen LogP contribution in [0, 0.1) is 5.41 Å². The molecule has 0 unspecified atom stereocenters. The molecule has 6 heteroatoms. The lowest BCUT2D eigenvalue weighted by molar-refractivity contribution is 0.415. The smallest absolute Gasteiger partial charge is 0.138 e. The number of fused-ring (bicyclic) bond motifs is 2. The first kappa shape index (κ1) is 16.3. The van der Waals surface area contributed by atoms with Gasteiger partial charge in [-0.05, 0) is 60.2 Å². The number of H-pyrrole nitrogens is 2. The predicted molar refractivity (Wildman–Crippen MR) is 111 cm³/mol. The summed E-state index contributed by atoms with van der Waals surface area (Å²) in [6.07, 6.45) is 1.33. The molecule has 0 atom stereocenters. The summed E-state index contributed by atoms with van der Waals surface area (Å²) in [6.45, 7) is 0. The van der Waals surface area contributed by atoms with Gasteiger partial charge in [0, 0.05) is 17.3 Å². The highest BCUT2D eigenvalue weighted by Gasteiger charge is 2.10. The molecule has 6 nitrogen and oxygen atoms in total. The van der Waals surface area contributed by atoms with Crippen LogP contribution < -0.4 is 4.74 Å². The summed E-state index contributed by atoms with van der Waals surface area (Å²) in [5, 5.41) is 7.40. The first-order chi connectivity index (χ1) is 13.7. The Hall–Kier alpha value is -3.93. The second kappa shape index (κ2) is 6.35. The number of rotatable bonds is 4. The molecule has 0 aliphatic rings. The third kappa shape index (κ3) is 2.72. The summed E-state index contributed by atoms with van der Waals surface area (Å²) in [7, 11) is 1.65. The fraction of sp³-hybridized carbons (Fsp3) is 0.0455. The van der Waals surface area contributed by atoms with Crippen molar-refractivity contribution in [1.29, 1.82) is 5.41 Å². The minimum absolute atomic E-state index is 0.791. The van der Waals surface area contributed by atoms with Crippen molar-refractivity contribution >= 4 is 28.3 Å². The molecule has 5 aromatic rings. The zero-order valence-electron chi connectivity index (χ0n) is 15.2. The molecule has 136 valence electrons. The summed E-state index contributed by atoms with van der Waals surface area (Å²) < 4.78 is 5.21. The van der Waals surface area contributed by atoms with Crippen molar-refractivity contribution in [3.8, 4) is 28.5 Å². The van der Waals surface area contributed by atoms with Gasteiger partial charge in [-0.25, -0.2) is 9.97 Å². The lowest BCUT2D eigenvalue weighted by atomic mass is 10.2. The van der Waals surface area contributed by atoms with Crippen LogP contribution in [0.2, 0.25) is 0 Å². The Morgan fingerprint density at radius 1 is 0.786 bits per heavy atom. The molecule has 3 aromatic carbocycles. The summed E-state index contributed by atoms with van der Waals surface area (Å²) in [5.41, 5.74) is 6.46. The van der Waals surface area contributed by atoms with E-state index in [4.69, 9.17) is 10.1 Å². The van der Waals surface area contributed by atoms with Crippen molar-refractivity contribution in [2.75, 3.05) is 7.11 Å². The van der Waals surface area contributed by atoms with Crippen molar-refractivity contribution in [2.24, 2.45) is 0 Å². The SMILES string of the molecule is COc1ccc(-c2nc3ccc(-c4nc5ccc(C=N)cc5[nH]4)cc3[nH]2)cc1. The average Bonchev–Trinajstić information content (AvgIpc) is 3.36. The zero-order valence-corrected chi connectivity index (χ0v) is 15.2. The maximum Gasteiger partial charge on any atom is 0.138 e. The Bertz CT molecular complexity index is 1310. The van der Waals surface area contributed by atoms with Crippen LogP contribution in [0.5, 0.6) is 5.75 Å². The average molecular weight is 367 g/mol. The van der Waals surface area contributed by atoms with Crippen LogP contribution in [0.25, 0.3) is 44.8 Å². The molecule has 2 heterocycles. The molecular formula is C22H17N5O. The molecule has 0 saturated heterocycles. The van der Waals surface area contributed by atoms with Gasteiger partial charge in [0.25, 0.3) is 0 Å². The summed E-state index contributed by atoms with van der Waals surface area (Å²) in [4.78, 5) is 16.1. The number of imidazole rings is 2. The topological polar surface area (TPSA) is 90.4 Å². The van der Waals surface area contributed by atoms with Gasteiger partial charge in [0.15, 0.2) is 0 Å². The Balaban J connectivity index is 1.55. The Morgan fingerprint density at radius 2 is 1.39 bits per heavy atom. The second-order valence-electron chi connectivity index (χ2n) is 6.55. The van der Waals surface area contributed by atoms with Crippen molar-refractivity contribution in [1.82, 2.24) is 19.9 Å². The number of nitrogens with one attached hydrogen (secondary N) is 3. The van der Waals surface area contributed by atoms with Gasteiger partial charge in [-0.15, -0.1) is 0 Å². The van der Waals surface area contributed by atoms with Crippen molar-refractivity contribution in [3.63, 3.8) is 0 Å². The highest BCUT2D eigenvalue weighted by Crippen LogP contribution is 2.27. The fourth-order valence-electron chi connectivity index (χ4n) is 3.30. The van der Waals surface area contributed by atoms with Crippen LogP contribution in [0.15, 0.2) is 60.7 Å². The predicted octanol–water partition coefficient (Wildman–Crippen LogP) is 4.78. The van der Waals surface area contributed by atoms with Gasteiger partial charge in [0.2, 0.25) is 0 Å². The monoisotopic (exact) mass is 367 g/mol. The van der Waals surface area contributed by atoms with E-state index in [1.54, 1.807) is 7.11 Å². The number of ether oxygens (including phenoxy) is 1. The molecule has 0 aliphatic carbocycles. The van der Waals surface area contributed by atoms with E-state index >= 15 is 0 Å². The summed E-state index contributed by atoms with van der Waals surface area (Å²) >= 11 is 0. The number of nitrogens with zero attached hydrogens (tertiary/aromatic N) is 2. The molecule has 0 bridgehead atoms. The molecule has 0 saturated carbocycles. The van der Waals surface area contributed by atoms with Crippen molar-refractivity contribution in [2.45, 2.75) is 0 Å². The van der Waals surface area contributed by atoms with Crippen LogP contribution in [0.1, 0.15) is 5.56 Å². The second-order valence-corrected chi connectivity index (χ2v) is 6.55. The van der Waals surface area contributed by atoms with Crippen molar-refractivity contribution in [3.05, 3.63) is 66.2 Å². The van der Waals surface area contributed by atoms with Crippen LogP contribution in [-0.2, 0) is 0 Å². The quantitative estimate of drug-likeness (QED) is 0.399. The maximum atomic E-state index is 7.40. The van der Waals surface area contributed by atoms with Crippen LogP contribution in [-0.4, -0.2) is 33.3 Å². The maximum absolute atomic E-state index is 7.40. The van der Waals surface area contributed by atoms with E-state index in [9.17, 15) is 0 Å². The minimum atomic E-state index is 0.791. The molecule has 0 radical (unpaired) electrons. The van der Waals surface area contributed by atoms with E-state index in [1.165, 1.54) is 6.21 Å². The number of hydrogen-bond acceptors (Lipinski definition) is 4. The van der Waals surface area contributed by atoms with E-state index in [2.05, 4.69) is 19.9 Å². The number of aromatic nitrogens is 4. The normalized spacial score (nSPS) is 11.2. The standard InChI is InChI=1S/C22H17N5O/c1-28-16-6-3-14(4-7-16)21-24-18-9-5-15(11-20(18)27-21)22-25-17-8-2-13(12-23)10-19(17)26-22/h2-12,23H,1H3,(H,24,27)(H,25,26). The number of hydrogen-bond donors (Lipinski definition) is 3. The van der Waals surface area contributed by atoms with Gasteiger partial charge in [-0.2, -0.15) is 0 Å². The molecular weight excluding hydrogens is 350 g/mol. The summed E-state index contributed by atoms with van der Waals surface area (Å²) in [5.74, 6) is 2.42. The van der Waals surface area contributed by atoms with Crippen molar-refractivity contribution < 1.29 is 4.74 Å². The number of benzene rings is 3. The largest absolute Gasteiger partial charge is 0.497 e. The Labute approximate surface area is 160 Å². The zero-order chi connectivity index (χ0) is 19.1. The summed E-state index contributed by atoms with van der Waals surface area (Å²) in [6, 6.07) is 19.6. The van der Waals surface area contributed by atoms with Crippen LogP contribution in [0.4, 0.5) is 0 Å². The van der Waals surface area contributed by atoms with E-state index in [-0.39, 0.29) is 0 Å². The Kier molecular flexibility index (Phi) is 3.69. The third-order valence-corrected chi connectivity index (χ3v) is 4.79. The highest BCUT2D eigenvalue weighted by atomic mass is 16.5. The van der Waals surface area contributed by atoms with Gasteiger partial charge in [-0.3, -0.25) is 0 Å². The van der Waals surface area contributed by atoms with Gasteiger partial charge in [-0.1, -0.05) is 6.07 Å². The lowest BCUT2D eigenvalue weighted by Crippen LogP contribution is -1.83. The van der Waals surface area contributed by atoms with Gasteiger partial charge in [0.05, 0.1) is 29.2 Å². The van der Waals surface area contributed by atoms with Gasteiger partial charge >= 0.3 is 0 Å². The van der Waals surface area contributed by atoms with Crippen LogP contribution >= 0.6 is 0 Å². The first-order valence-corrected chi connectivity index (χ1v) is 8.88. The van der Waals surface area contributed by atoms with Crippen LogP contribution in [0.3, 0.4) is 0 Å². The molecule has 0 amide bonds. The molecule has 0 fully saturated rings. The molecule has 2 aromatic heterocycles. The Morgan fingerprint density at radius 3 is 2.07 bits per heavy atom. The van der Waals surface area contributed by atoms with E-state index in [0.29, 0.717) is 0 Å². The fourth-order valence-corrected chi connectivity index (χ4v) is 3.30. The molecule has 28 heavy (non-hydrogen) atoms. The van der Waals surface area contributed by atoms with E-state index in [0.717, 1.165) is 56.2 Å². The minimum Gasteiger partial charge on any atom is -0.497 e. The lowest BCUT2D eigenvalue weighted by Gasteiger charge is -2.00. The molecule has 5 rings (SSSR count). The number of aromatic amines is 2. The van der Waals surface area contributed by atoms with Gasteiger partial charge in [0.1, 0.15) is 17.4 Å². The number of methoxy groups -OCH3 is 1. The molecule has 0 spiro atoms. The third-order valence-electron chi connectivity index (χ3n) is 4.79. The van der Waals surface area contributed by atoms with E-state index < -0.39 is 0 Å². The molecule has 3 N–H and O–H groups in total. The highest BCUT2D eigenvalue weighted by molar-refractivity contribution is 5.89. The van der Waals surface area contributed by atoms with E-state index in [1.807, 2.05) is 60.7 Å².